The number of amides is 1. The van der Waals surface area contributed by atoms with E-state index in [2.05, 4.69) is 10.5 Å². The summed E-state index contributed by atoms with van der Waals surface area (Å²) in [7, 11) is 1.85. The van der Waals surface area contributed by atoms with Crippen LogP contribution in [0.4, 0.5) is 5.82 Å². The summed E-state index contributed by atoms with van der Waals surface area (Å²) in [6, 6.07) is 1.66. The maximum atomic E-state index is 11.7. The molecule has 0 unspecified atom stereocenters. The van der Waals surface area contributed by atoms with E-state index in [1.807, 2.05) is 11.9 Å². The van der Waals surface area contributed by atoms with Gasteiger partial charge in [-0.25, -0.2) is 0 Å². The third-order valence-corrected chi connectivity index (χ3v) is 2.62. The number of carbonyl (C=O) groups is 2. The van der Waals surface area contributed by atoms with Crippen molar-refractivity contribution < 1.29 is 18.8 Å². The Hall–Kier alpha value is -1.89. The minimum atomic E-state index is -0.220. The minimum Gasteiger partial charge on any atom is -0.466 e. The minimum absolute atomic E-state index is 0.138. The summed E-state index contributed by atoms with van der Waals surface area (Å²) in [4.78, 5) is 24.7. The van der Waals surface area contributed by atoms with Gasteiger partial charge in [0.1, 0.15) is 5.76 Å². The number of aryl methyl sites for hydroxylation is 1. The Morgan fingerprint density at radius 2 is 2.10 bits per heavy atom. The fourth-order valence-electron chi connectivity index (χ4n) is 1.55. The maximum Gasteiger partial charge on any atom is 0.307 e. The van der Waals surface area contributed by atoms with Crippen LogP contribution in [0.1, 0.15) is 25.5 Å². The van der Waals surface area contributed by atoms with E-state index in [1.54, 1.807) is 19.9 Å². The van der Waals surface area contributed by atoms with Crippen molar-refractivity contribution >= 4 is 17.7 Å². The first kappa shape index (κ1) is 16.2. The van der Waals surface area contributed by atoms with Crippen molar-refractivity contribution in [3.05, 3.63) is 11.8 Å². The van der Waals surface area contributed by atoms with Crippen molar-refractivity contribution in [3.8, 4) is 0 Å². The normalized spacial score (nSPS) is 10.6. The van der Waals surface area contributed by atoms with E-state index < -0.39 is 0 Å². The number of anilines is 1. The van der Waals surface area contributed by atoms with Gasteiger partial charge in [-0.05, 0) is 20.9 Å². The number of nitrogens with one attached hydrogen (secondary N) is 1. The van der Waals surface area contributed by atoms with E-state index in [1.165, 1.54) is 0 Å². The summed E-state index contributed by atoms with van der Waals surface area (Å²) in [5.74, 6) is 0.705. The SMILES string of the molecule is CCOC(=O)CCN(C)CCC(=O)Nc1cc(C)on1. The van der Waals surface area contributed by atoms with Crippen LogP contribution in [0.2, 0.25) is 0 Å². The van der Waals surface area contributed by atoms with Crippen molar-refractivity contribution in [2.24, 2.45) is 0 Å². The fraction of sp³-hybridized carbons (Fsp3) is 0.615. The molecule has 1 N–H and O–H groups in total. The fourth-order valence-corrected chi connectivity index (χ4v) is 1.55. The number of aromatic nitrogens is 1. The molecule has 7 heteroatoms. The van der Waals surface area contributed by atoms with Crippen molar-refractivity contribution in [2.45, 2.75) is 26.7 Å². The molecule has 0 aliphatic rings. The molecule has 112 valence electrons. The first-order valence-electron chi connectivity index (χ1n) is 6.58. The van der Waals surface area contributed by atoms with E-state index >= 15 is 0 Å². The average molecular weight is 283 g/mol. The molecule has 20 heavy (non-hydrogen) atoms. The molecule has 0 fully saturated rings. The molecule has 0 spiro atoms. The number of esters is 1. The van der Waals surface area contributed by atoms with Gasteiger partial charge in [0.05, 0.1) is 13.0 Å². The lowest BCUT2D eigenvalue weighted by Crippen LogP contribution is -2.27. The largest absolute Gasteiger partial charge is 0.466 e. The Labute approximate surface area is 118 Å². The van der Waals surface area contributed by atoms with E-state index in [9.17, 15) is 9.59 Å². The zero-order valence-electron chi connectivity index (χ0n) is 12.1. The third kappa shape index (κ3) is 6.33. The lowest BCUT2D eigenvalue weighted by molar-refractivity contribution is -0.143. The second kappa shape index (κ2) is 8.31. The van der Waals surface area contributed by atoms with Gasteiger partial charge in [0.15, 0.2) is 5.82 Å². The number of carbonyl (C=O) groups excluding carboxylic acids is 2. The Kier molecular flexibility index (Phi) is 6.72. The number of hydrogen-bond donors (Lipinski definition) is 1. The second-order valence-electron chi connectivity index (χ2n) is 4.48. The molecule has 1 amide bonds. The van der Waals surface area contributed by atoms with Crippen LogP contribution in [0.15, 0.2) is 10.6 Å². The van der Waals surface area contributed by atoms with Gasteiger partial charge in [0.2, 0.25) is 5.91 Å². The summed E-state index contributed by atoms with van der Waals surface area (Å²) < 4.78 is 9.69. The van der Waals surface area contributed by atoms with E-state index in [4.69, 9.17) is 9.26 Å². The number of nitrogens with zero attached hydrogens (tertiary/aromatic N) is 2. The lowest BCUT2D eigenvalue weighted by Gasteiger charge is -2.15. The van der Waals surface area contributed by atoms with Crippen LogP contribution in [-0.2, 0) is 14.3 Å². The van der Waals surface area contributed by atoms with Gasteiger partial charge in [-0.3, -0.25) is 9.59 Å². The van der Waals surface area contributed by atoms with Crippen LogP contribution >= 0.6 is 0 Å². The monoisotopic (exact) mass is 283 g/mol. The highest BCUT2D eigenvalue weighted by atomic mass is 16.5. The van der Waals surface area contributed by atoms with E-state index in [0.717, 1.165) is 0 Å². The zero-order chi connectivity index (χ0) is 15.0. The molecule has 0 aromatic carbocycles. The molecular formula is C13H21N3O4. The average Bonchev–Trinajstić information content (AvgIpc) is 2.79. The molecular weight excluding hydrogens is 262 g/mol. The quantitative estimate of drug-likeness (QED) is 0.722. The third-order valence-electron chi connectivity index (χ3n) is 2.62. The van der Waals surface area contributed by atoms with Gasteiger partial charge in [-0.2, -0.15) is 0 Å². The van der Waals surface area contributed by atoms with Crippen LogP contribution in [0.5, 0.6) is 0 Å². The summed E-state index contributed by atoms with van der Waals surface area (Å²) in [5, 5.41) is 6.32. The van der Waals surface area contributed by atoms with E-state index in [-0.39, 0.29) is 11.9 Å². The van der Waals surface area contributed by atoms with Gasteiger partial charge in [-0.1, -0.05) is 5.16 Å². The van der Waals surface area contributed by atoms with Crippen LogP contribution in [0, 0.1) is 6.92 Å². The van der Waals surface area contributed by atoms with Crippen LogP contribution < -0.4 is 5.32 Å². The van der Waals surface area contributed by atoms with Gasteiger partial charge < -0.3 is 19.5 Å². The molecule has 0 aliphatic heterocycles. The van der Waals surface area contributed by atoms with Crippen LogP contribution in [-0.4, -0.2) is 48.7 Å². The van der Waals surface area contributed by atoms with Crippen molar-refractivity contribution in [2.75, 3.05) is 32.1 Å². The summed E-state index contributed by atoms with van der Waals surface area (Å²) >= 11 is 0. The topological polar surface area (TPSA) is 84.7 Å². The van der Waals surface area contributed by atoms with Gasteiger partial charge in [-0.15, -0.1) is 0 Å². The lowest BCUT2D eigenvalue weighted by atomic mass is 10.3. The second-order valence-corrected chi connectivity index (χ2v) is 4.48. The first-order valence-corrected chi connectivity index (χ1v) is 6.58. The highest BCUT2D eigenvalue weighted by Crippen LogP contribution is 2.07. The van der Waals surface area contributed by atoms with Crippen LogP contribution in [0.3, 0.4) is 0 Å². The van der Waals surface area contributed by atoms with Gasteiger partial charge in [0, 0.05) is 25.6 Å². The molecule has 0 saturated heterocycles. The molecule has 7 nitrogen and oxygen atoms in total. The Bertz CT molecular complexity index is 445. The van der Waals surface area contributed by atoms with E-state index in [0.29, 0.717) is 44.1 Å². The maximum absolute atomic E-state index is 11.7. The van der Waals surface area contributed by atoms with Gasteiger partial charge in [0.25, 0.3) is 0 Å². The molecule has 0 saturated carbocycles. The van der Waals surface area contributed by atoms with Crippen molar-refractivity contribution in [1.82, 2.24) is 10.1 Å². The molecule has 1 aromatic heterocycles. The Morgan fingerprint density at radius 1 is 1.40 bits per heavy atom. The van der Waals surface area contributed by atoms with Crippen LogP contribution in [0.25, 0.3) is 0 Å². The smallest absolute Gasteiger partial charge is 0.307 e. The summed E-state index contributed by atoms with van der Waals surface area (Å²) in [6.45, 7) is 5.04. The molecule has 1 aromatic rings. The molecule has 0 radical (unpaired) electrons. The molecule has 0 atom stereocenters. The Balaban J connectivity index is 2.18. The molecule has 0 aliphatic carbocycles. The number of rotatable bonds is 8. The highest BCUT2D eigenvalue weighted by Gasteiger charge is 2.09. The first-order chi connectivity index (χ1) is 9.51. The predicted octanol–water partition coefficient (Wildman–Crippen LogP) is 1.20. The number of ether oxygens (including phenoxy) is 1. The standard InChI is InChI=1S/C13H21N3O4/c1-4-19-13(18)6-8-16(3)7-5-12(17)14-11-9-10(2)20-15-11/h9H,4-8H2,1-3H3,(H,14,15,17). The zero-order valence-corrected chi connectivity index (χ0v) is 12.1. The molecule has 0 bridgehead atoms. The summed E-state index contributed by atoms with van der Waals surface area (Å²) in [6.07, 6.45) is 0.652. The highest BCUT2D eigenvalue weighted by molar-refractivity contribution is 5.89. The molecule has 1 rings (SSSR count). The van der Waals surface area contributed by atoms with Crippen molar-refractivity contribution in [3.63, 3.8) is 0 Å². The molecule has 1 heterocycles. The predicted molar refractivity (Wildman–Crippen MR) is 73.2 cm³/mol. The van der Waals surface area contributed by atoms with Crippen molar-refractivity contribution in [1.29, 1.82) is 0 Å². The summed E-state index contributed by atoms with van der Waals surface area (Å²) in [5.41, 5.74) is 0. The van der Waals surface area contributed by atoms with Gasteiger partial charge >= 0.3 is 5.97 Å². The Morgan fingerprint density at radius 3 is 2.70 bits per heavy atom. The number of hydrogen-bond acceptors (Lipinski definition) is 6.